The molecule has 292 valence electrons. The summed E-state index contributed by atoms with van der Waals surface area (Å²) in [7, 11) is 1.63. The summed E-state index contributed by atoms with van der Waals surface area (Å²) in [5.74, 6) is 5.06. The molecule has 2 aliphatic carbocycles. The number of ketones is 1. The Morgan fingerprint density at radius 3 is 2.73 bits per heavy atom. The van der Waals surface area contributed by atoms with Crippen molar-refractivity contribution in [1.29, 1.82) is 0 Å². The summed E-state index contributed by atoms with van der Waals surface area (Å²) in [5.41, 5.74) is 6.26. The lowest BCUT2D eigenvalue weighted by atomic mass is 9.80. The summed E-state index contributed by atoms with van der Waals surface area (Å²) in [6.07, 6.45) is 15.0. The Labute approximate surface area is 330 Å². The third-order valence-electron chi connectivity index (χ3n) is 11.3. The standard InChI is InChI=1S/C48H53NO7/c1-31(50)29-49-40-9-5-7-32(24-40)6-3-4-8-35-14-17-41(51)26-39(35)27-43-28-42(52)16-10-33-11-19-45(54-2)46(25-33)56-30-34-22-37-13-12-36(20-21-55-43)48-44(53)18-15-38(23-34)47(37)48/h5,7,9,11,14-15,17-19,22-26,31,35-36,39,43,49-51,53H,3-4,6,8,10,12-13,16,27-30H2,1-2H3/t31-,35+,36+,39-,43-/m0/s1. The van der Waals surface area contributed by atoms with E-state index in [2.05, 4.69) is 47.7 Å². The molecule has 8 rings (SSSR count). The predicted octanol–water partition coefficient (Wildman–Crippen LogP) is 9.25. The van der Waals surface area contributed by atoms with Crippen molar-refractivity contribution in [2.75, 3.05) is 19.0 Å². The largest absolute Gasteiger partial charge is 0.508 e. The Balaban J connectivity index is 1.10. The highest BCUT2D eigenvalue weighted by Gasteiger charge is 2.28. The SMILES string of the molecule is COc1ccc2cc1OCc1cc3c4c(c(O)ccc4c1)[C@@H](C#CO[C@@H](C[C@@H]1C=C(O)C=C[C@H]1CCCCc1cccc(NC[C@H](C)O)c1)CC(=O)CC2)CC3. The summed E-state index contributed by atoms with van der Waals surface area (Å²) in [4.78, 5) is 13.6. The first kappa shape index (κ1) is 38.9. The number of hydrogen-bond acceptors (Lipinski definition) is 8. The van der Waals surface area contributed by atoms with E-state index in [4.69, 9.17) is 14.2 Å². The zero-order valence-corrected chi connectivity index (χ0v) is 32.4. The number of ether oxygens (including phenoxy) is 3. The normalized spacial score (nSPS) is 21.2. The average Bonchev–Trinajstić information content (AvgIpc) is 3.19. The molecule has 2 aliphatic heterocycles. The maximum atomic E-state index is 13.6. The quantitative estimate of drug-likeness (QED) is 0.0885. The van der Waals surface area contributed by atoms with Gasteiger partial charge in [0.1, 0.15) is 36.1 Å². The molecule has 4 aromatic carbocycles. The molecule has 2 heterocycles. The number of benzene rings is 4. The van der Waals surface area contributed by atoms with E-state index in [0.29, 0.717) is 43.9 Å². The second-order valence-electron chi connectivity index (χ2n) is 15.6. The molecule has 8 bridgehead atoms. The van der Waals surface area contributed by atoms with E-state index in [9.17, 15) is 20.1 Å². The molecule has 4 N–H and O–H groups in total. The number of phenols is 1. The van der Waals surface area contributed by atoms with Crippen LogP contribution in [0.15, 0.2) is 90.7 Å². The van der Waals surface area contributed by atoms with Crippen LogP contribution in [0.1, 0.15) is 85.6 Å². The molecular weight excluding hydrogens is 703 g/mol. The van der Waals surface area contributed by atoms with E-state index < -0.39 is 12.2 Å². The maximum absolute atomic E-state index is 13.6. The van der Waals surface area contributed by atoms with Crippen LogP contribution in [0.3, 0.4) is 0 Å². The van der Waals surface area contributed by atoms with E-state index in [1.807, 2.05) is 42.5 Å². The lowest BCUT2D eigenvalue weighted by molar-refractivity contribution is -0.121. The van der Waals surface area contributed by atoms with Crippen molar-refractivity contribution in [1.82, 2.24) is 0 Å². The van der Waals surface area contributed by atoms with Crippen LogP contribution in [0.4, 0.5) is 5.69 Å². The number of hydrogen-bond donors (Lipinski definition) is 4. The smallest absolute Gasteiger partial charge is 0.161 e. The molecule has 8 nitrogen and oxygen atoms in total. The molecule has 5 atom stereocenters. The Morgan fingerprint density at radius 2 is 1.88 bits per heavy atom. The predicted molar refractivity (Wildman–Crippen MR) is 220 cm³/mol. The van der Waals surface area contributed by atoms with Crippen molar-refractivity contribution < 1.29 is 34.3 Å². The number of nitrogens with one attached hydrogen (secondary N) is 1. The van der Waals surface area contributed by atoms with Crippen molar-refractivity contribution in [2.24, 2.45) is 11.8 Å². The van der Waals surface area contributed by atoms with Crippen molar-refractivity contribution in [3.8, 4) is 29.3 Å². The molecule has 0 radical (unpaired) electrons. The van der Waals surface area contributed by atoms with E-state index in [1.54, 1.807) is 26.2 Å². The van der Waals surface area contributed by atoms with Gasteiger partial charge in [0.05, 0.1) is 19.1 Å². The number of aliphatic hydroxyl groups excluding tert-OH is 2. The highest BCUT2D eigenvalue weighted by molar-refractivity contribution is 5.93. The van der Waals surface area contributed by atoms with Crippen LogP contribution in [-0.2, 0) is 35.4 Å². The minimum Gasteiger partial charge on any atom is -0.508 e. The summed E-state index contributed by atoms with van der Waals surface area (Å²) < 4.78 is 18.3. The van der Waals surface area contributed by atoms with Gasteiger partial charge in [0.15, 0.2) is 11.5 Å². The number of rotatable bonds is 11. The van der Waals surface area contributed by atoms with Crippen LogP contribution in [0.5, 0.6) is 17.2 Å². The number of methoxy groups -OCH3 is 1. The number of fused-ring (bicyclic) bond motifs is 7. The first-order valence-corrected chi connectivity index (χ1v) is 20.1. The summed E-state index contributed by atoms with van der Waals surface area (Å²) >= 11 is 0. The highest BCUT2D eigenvalue weighted by Crippen LogP contribution is 2.42. The molecule has 4 aliphatic rings. The van der Waals surface area contributed by atoms with Gasteiger partial charge >= 0.3 is 0 Å². The van der Waals surface area contributed by atoms with Gasteiger partial charge in [0.25, 0.3) is 0 Å². The lowest BCUT2D eigenvalue weighted by Gasteiger charge is -2.28. The Morgan fingerprint density at radius 1 is 0.982 bits per heavy atom. The number of unbranched alkanes of at least 4 members (excludes halogenated alkanes) is 1. The van der Waals surface area contributed by atoms with Crippen molar-refractivity contribution in [2.45, 2.75) is 95.9 Å². The van der Waals surface area contributed by atoms with Gasteiger partial charge < -0.3 is 34.8 Å². The van der Waals surface area contributed by atoms with Gasteiger partial charge in [0.2, 0.25) is 0 Å². The molecule has 0 unspecified atom stereocenters. The zero-order chi connectivity index (χ0) is 39.0. The highest BCUT2D eigenvalue weighted by atomic mass is 16.5. The summed E-state index contributed by atoms with van der Waals surface area (Å²) in [5, 5.41) is 36.7. The fraction of sp³-hybridized carbons (Fsp3) is 0.396. The molecule has 0 saturated carbocycles. The minimum absolute atomic E-state index is 0.0240. The fourth-order valence-corrected chi connectivity index (χ4v) is 8.45. The molecule has 4 aromatic rings. The average molecular weight is 756 g/mol. The van der Waals surface area contributed by atoms with Gasteiger partial charge in [-0.05, 0) is 145 Å². The third kappa shape index (κ3) is 9.69. The van der Waals surface area contributed by atoms with Gasteiger partial charge in [-0.25, -0.2) is 0 Å². The van der Waals surface area contributed by atoms with Crippen LogP contribution < -0.4 is 14.8 Å². The van der Waals surface area contributed by atoms with Crippen LogP contribution >= 0.6 is 0 Å². The van der Waals surface area contributed by atoms with Gasteiger partial charge in [-0.1, -0.05) is 48.7 Å². The van der Waals surface area contributed by atoms with Crippen molar-refractivity contribution in [3.05, 3.63) is 119 Å². The molecule has 0 amide bonds. The Hall–Kier alpha value is -5.39. The monoisotopic (exact) mass is 755 g/mol. The number of aryl methyl sites for hydroxylation is 3. The Kier molecular flexibility index (Phi) is 12.5. The van der Waals surface area contributed by atoms with Crippen LogP contribution in [-0.4, -0.2) is 47.0 Å². The molecule has 0 aromatic heterocycles. The number of aromatic hydroxyl groups is 1. The van der Waals surface area contributed by atoms with E-state index in [-0.39, 0.29) is 41.5 Å². The first-order valence-electron chi connectivity index (χ1n) is 20.1. The molecule has 0 spiro atoms. The Bertz CT molecular complexity index is 2160. The second-order valence-corrected chi connectivity index (χ2v) is 15.6. The van der Waals surface area contributed by atoms with Crippen molar-refractivity contribution in [3.63, 3.8) is 0 Å². The van der Waals surface area contributed by atoms with E-state index in [1.165, 1.54) is 5.56 Å². The molecule has 8 heteroatoms. The number of anilines is 1. The van der Waals surface area contributed by atoms with Gasteiger partial charge in [-0.2, -0.15) is 0 Å². The maximum Gasteiger partial charge on any atom is 0.161 e. The fourth-order valence-electron chi connectivity index (χ4n) is 8.45. The molecule has 56 heavy (non-hydrogen) atoms. The summed E-state index contributed by atoms with van der Waals surface area (Å²) in [6, 6.07) is 22.2. The number of aliphatic hydroxyl groups is 2. The van der Waals surface area contributed by atoms with Gasteiger partial charge in [-0.3, -0.25) is 4.79 Å². The number of carbonyl (C=O) groups excluding carboxylic acids is 1. The van der Waals surface area contributed by atoms with Crippen LogP contribution in [0.2, 0.25) is 0 Å². The third-order valence-corrected chi connectivity index (χ3v) is 11.3. The minimum atomic E-state index is -0.477. The van der Waals surface area contributed by atoms with Crippen molar-refractivity contribution >= 4 is 22.2 Å². The van der Waals surface area contributed by atoms with E-state index in [0.717, 1.165) is 77.2 Å². The molecular formula is C48H53NO7. The zero-order valence-electron chi connectivity index (χ0n) is 32.4. The number of phenolic OH excluding ortho intramolecular Hbond substituents is 1. The van der Waals surface area contributed by atoms with Crippen LogP contribution in [0.25, 0.3) is 10.8 Å². The molecule has 0 saturated heterocycles. The van der Waals surface area contributed by atoms with Gasteiger partial charge in [0, 0.05) is 30.6 Å². The number of allylic oxidation sites excluding steroid dienone is 3. The summed E-state index contributed by atoms with van der Waals surface area (Å²) in [6.45, 7) is 2.64. The lowest BCUT2D eigenvalue weighted by Crippen LogP contribution is -2.24. The van der Waals surface area contributed by atoms with Crippen LogP contribution in [0, 0.1) is 23.9 Å². The number of carbonyl (C=O) groups is 1. The number of Topliss-reactive ketones (excluding diaryl/α,β-unsaturated/α-hetero) is 1. The van der Waals surface area contributed by atoms with Gasteiger partial charge in [-0.15, -0.1) is 0 Å². The molecule has 0 fully saturated rings. The first-order chi connectivity index (χ1) is 27.2. The van der Waals surface area contributed by atoms with E-state index >= 15 is 0 Å². The topological polar surface area (TPSA) is 117 Å². The second kappa shape index (κ2) is 18.0.